The molecule has 0 aromatic heterocycles. The van der Waals surface area contributed by atoms with Crippen molar-refractivity contribution in [3.63, 3.8) is 0 Å². The lowest BCUT2D eigenvalue weighted by Crippen LogP contribution is -2.15. The van der Waals surface area contributed by atoms with E-state index in [-0.39, 0.29) is 18.2 Å². The van der Waals surface area contributed by atoms with Crippen molar-refractivity contribution >= 4 is 5.97 Å². The van der Waals surface area contributed by atoms with Gasteiger partial charge in [0.2, 0.25) is 0 Å². The molecule has 2 rings (SSSR count). The normalized spacial score (nSPS) is 30.0. The van der Waals surface area contributed by atoms with Crippen molar-refractivity contribution in [2.75, 3.05) is 0 Å². The molecule has 0 aromatic rings. The molecule has 0 spiro atoms. The van der Waals surface area contributed by atoms with E-state index in [2.05, 4.69) is 37.3 Å². The number of carbonyl (C=O) groups is 1. The van der Waals surface area contributed by atoms with Crippen LogP contribution in [0.1, 0.15) is 64.7 Å². The highest BCUT2D eigenvalue weighted by Crippen LogP contribution is 2.27. The van der Waals surface area contributed by atoms with Gasteiger partial charge < -0.3 is 9.47 Å². The molecule has 23 heavy (non-hydrogen) atoms. The molecule has 2 aliphatic rings. The van der Waals surface area contributed by atoms with Crippen LogP contribution in [0.25, 0.3) is 0 Å². The Labute approximate surface area is 140 Å². The van der Waals surface area contributed by atoms with Crippen LogP contribution in [0.2, 0.25) is 0 Å². The van der Waals surface area contributed by atoms with Crippen LogP contribution in [0, 0.1) is 0 Å². The third-order valence-electron chi connectivity index (χ3n) is 4.22. The number of hydrogen-bond acceptors (Lipinski definition) is 3. The Morgan fingerprint density at radius 3 is 3.00 bits per heavy atom. The van der Waals surface area contributed by atoms with Crippen molar-refractivity contribution in [2.45, 2.75) is 83.0 Å². The van der Waals surface area contributed by atoms with E-state index in [1.54, 1.807) is 0 Å². The van der Waals surface area contributed by atoms with Gasteiger partial charge in [0, 0.05) is 12.8 Å². The van der Waals surface area contributed by atoms with Gasteiger partial charge in [-0.05, 0) is 38.2 Å². The minimum atomic E-state index is -0.147. The number of allylic oxidation sites excluding steroid dienone is 2. The van der Waals surface area contributed by atoms with Gasteiger partial charge in [-0.15, -0.1) is 0 Å². The zero-order valence-corrected chi connectivity index (χ0v) is 14.3. The predicted octanol–water partition coefficient (Wildman–Crippen LogP) is 4.88. The zero-order chi connectivity index (χ0) is 16.3. The summed E-state index contributed by atoms with van der Waals surface area (Å²) in [7, 11) is 0. The number of hydrogen-bond donors (Lipinski definition) is 0. The SMILES string of the molecule is CCCCC/C=C\C[C@H]1O[C@@H]1/C=C/[C@@H]1C/C=C\CCCC(=O)O1. The molecular formula is C20H30O3. The second kappa shape index (κ2) is 10.4. The quantitative estimate of drug-likeness (QED) is 0.277. The zero-order valence-electron chi connectivity index (χ0n) is 14.3. The number of rotatable bonds is 8. The van der Waals surface area contributed by atoms with Gasteiger partial charge in [-0.1, -0.05) is 50.1 Å². The molecule has 1 saturated heterocycles. The van der Waals surface area contributed by atoms with E-state index in [1.807, 2.05) is 6.08 Å². The summed E-state index contributed by atoms with van der Waals surface area (Å²) in [5.74, 6) is -0.0911. The maximum atomic E-state index is 11.6. The summed E-state index contributed by atoms with van der Waals surface area (Å²) in [5.41, 5.74) is 0. The van der Waals surface area contributed by atoms with E-state index in [0.717, 1.165) is 25.7 Å². The minimum Gasteiger partial charge on any atom is -0.458 e. The molecule has 0 saturated carbocycles. The summed E-state index contributed by atoms with van der Waals surface area (Å²) in [5, 5.41) is 0. The number of carbonyl (C=O) groups excluding carboxylic acids is 1. The molecular weight excluding hydrogens is 288 g/mol. The number of unbranched alkanes of at least 4 members (excludes halogenated alkanes) is 3. The summed E-state index contributed by atoms with van der Waals surface area (Å²) in [6.45, 7) is 2.23. The molecule has 2 aliphatic heterocycles. The van der Waals surface area contributed by atoms with E-state index < -0.39 is 0 Å². The van der Waals surface area contributed by atoms with Crippen molar-refractivity contribution in [1.29, 1.82) is 0 Å². The number of epoxide rings is 1. The first-order valence-electron chi connectivity index (χ1n) is 9.13. The monoisotopic (exact) mass is 318 g/mol. The first-order valence-corrected chi connectivity index (χ1v) is 9.13. The van der Waals surface area contributed by atoms with Gasteiger partial charge in [0.05, 0.1) is 6.10 Å². The molecule has 0 amide bonds. The van der Waals surface area contributed by atoms with Crippen LogP contribution >= 0.6 is 0 Å². The third kappa shape index (κ3) is 7.65. The van der Waals surface area contributed by atoms with Crippen molar-refractivity contribution in [3.8, 4) is 0 Å². The van der Waals surface area contributed by atoms with Crippen molar-refractivity contribution < 1.29 is 14.3 Å². The summed E-state index contributed by atoms with van der Waals surface area (Å²) >= 11 is 0. The largest absolute Gasteiger partial charge is 0.458 e. The van der Waals surface area contributed by atoms with Crippen molar-refractivity contribution in [2.24, 2.45) is 0 Å². The first kappa shape index (κ1) is 18.0. The van der Waals surface area contributed by atoms with Gasteiger partial charge >= 0.3 is 5.97 Å². The smallest absolute Gasteiger partial charge is 0.306 e. The topological polar surface area (TPSA) is 38.8 Å². The molecule has 0 radical (unpaired) electrons. The minimum absolute atomic E-state index is 0.0911. The van der Waals surface area contributed by atoms with Crippen LogP contribution in [-0.4, -0.2) is 24.3 Å². The molecule has 3 nitrogen and oxygen atoms in total. The van der Waals surface area contributed by atoms with Crippen LogP contribution in [0.15, 0.2) is 36.5 Å². The average molecular weight is 318 g/mol. The van der Waals surface area contributed by atoms with Gasteiger partial charge in [0.1, 0.15) is 12.2 Å². The number of esters is 1. The summed E-state index contributed by atoms with van der Waals surface area (Å²) in [4.78, 5) is 11.6. The molecule has 128 valence electrons. The van der Waals surface area contributed by atoms with Crippen molar-refractivity contribution in [1.82, 2.24) is 0 Å². The lowest BCUT2D eigenvalue weighted by molar-refractivity contribution is -0.146. The highest BCUT2D eigenvalue weighted by molar-refractivity contribution is 5.69. The van der Waals surface area contributed by atoms with Crippen molar-refractivity contribution in [3.05, 3.63) is 36.5 Å². The maximum Gasteiger partial charge on any atom is 0.306 e. The van der Waals surface area contributed by atoms with Crippen LogP contribution < -0.4 is 0 Å². The second-order valence-electron chi connectivity index (χ2n) is 6.35. The second-order valence-corrected chi connectivity index (χ2v) is 6.35. The molecule has 3 heteroatoms. The lowest BCUT2D eigenvalue weighted by atomic mass is 10.1. The number of cyclic esters (lactones) is 1. The lowest BCUT2D eigenvalue weighted by Gasteiger charge is -2.11. The highest BCUT2D eigenvalue weighted by Gasteiger charge is 2.35. The fourth-order valence-corrected chi connectivity index (χ4v) is 2.72. The molecule has 2 heterocycles. The Balaban J connectivity index is 1.66. The summed E-state index contributed by atoms with van der Waals surface area (Å²) in [6.07, 6.45) is 22.3. The Kier molecular flexibility index (Phi) is 8.16. The molecule has 0 aliphatic carbocycles. The van der Waals surface area contributed by atoms with E-state index in [4.69, 9.17) is 9.47 Å². The van der Waals surface area contributed by atoms with E-state index in [0.29, 0.717) is 12.5 Å². The highest BCUT2D eigenvalue weighted by atomic mass is 16.6. The molecule has 1 fully saturated rings. The van der Waals surface area contributed by atoms with Gasteiger partial charge in [-0.2, -0.15) is 0 Å². The standard InChI is InChI=1S/C20H30O3/c1-2-3-4-5-6-10-13-18-19(23-18)16-15-17-12-9-7-8-11-14-20(21)22-17/h6-7,9-10,15-19H,2-5,8,11-14H2,1H3/b9-7-,10-6-,16-15+/t17-,18+,19+/m0/s1. The first-order chi connectivity index (χ1) is 11.3. The van der Waals surface area contributed by atoms with Crippen LogP contribution in [-0.2, 0) is 14.3 Å². The molecule has 3 atom stereocenters. The van der Waals surface area contributed by atoms with Crippen LogP contribution in [0.3, 0.4) is 0 Å². The fraction of sp³-hybridized carbons (Fsp3) is 0.650. The Bertz CT molecular complexity index is 436. The van der Waals surface area contributed by atoms with Gasteiger partial charge in [0.15, 0.2) is 0 Å². The molecule has 0 unspecified atom stereocenters. The van der Waals surface area contributed by atoms with E-state index in [1.165, 1.54) is 25.7 Å². The van der Waals surface area contributed by atoms with E-state index in [9.17, 15) is 4.79 Å². The van der Waals surface area contributed by atoms with Gasteiger partial charge in [0.25, 0.3) is 0 Å². The fourth-order valence-electron chi connectivity index (χ4n) is 2.72. The van der Waals surface area contributed by atoms with Crippen LogP contribution in [0.5, 0.6) is 0 Å². The molecule has 0 bridgehead atoms. The Hall–Kier alpha value is -1.35. The summed E-state index contributed by atoms with van der Waals surface area (Å²) in [6, 6.07) is 0. The summed E-state index contributed by atoms with van der Waals surface area (Å²) < 4.78 is 11.1. The number of ether oxygens (including phenoxy) is 2. The maximum absolute atomic E-state index is 11.6. The van der Waals surface area contributed by atoms with Gasteiger partial charge in [-0.3, -0.25) is 4.79 Å². The Morgan fingerprint density at radius 2 is 2.13 bits per heavy atom. The molecule has 0 aromatic carbocycles. The average Bonchev–Trinajstić information content (AvgIpc) is 3.27. The molecule has 0 N–H and O–H groups in total. The predicted molar refractivity (Wildman–Crippen MR) is 93.2 cm³/mol. The third-order valence-corrected chi connectivity index (χ3v) is 4.22. The van der Waals surface area contributed by atoms with Gasteiger partial charge in [-0.25, -0.2) is 0 Å². The van der Waals surface area contributed by atoms with Crippen LogP contribution in [0.4, 0.5) is 0 Å². The van der Waals surface area contributed by atoms with E-state index >= 15 is 0 Å². The Morgan fingerprint density at radius 1 is 1.22 bits per heavy atom.